The summed E-state index contributed by atoms with van der Waals surface area (Å²) in [4.78, 5) is 0. The van der Waals surface area contributed by atoms with E-state index in [4.69, 9.17) is 5.73 Å². The Bertz CT molecular complexity index is 304. The predicted molar refractivity (Wildman–Crippen MR) is 56.7 cm³/mol. The molecule has 0 radical (unpaired) electrons. The summed E-state index contributed by atoms with van der Waals surface area (Å²) in [5, 5.41) is 0. The maximum atomic E-state index is 11.4. The molecule has 2 rings (SSSR count). The summed E-state index contributed by atoms with van der Waals surface area (Å²) in [5.74, 6) is 1.13. The molecule has 3 nitrogen and oxygen atoms in total. The highest BCUT2D eigenvalue weighted by Crippen LogP contribution is 2.47. The number of sulfone groups is 1. The van der Waals surface area contributed by atoms with E-state index >= 15 is 0 Å². The van der Waals surface area contributed by atoms with Gasteiger partial charge >= 0.3 is 0 Å². The van der Waals surface area contributed by atoms with Crippen molar-refractivity contribution in [2.45, 2.75) is 32.1 Å². The normalized spacial score (nSPS) is 34.8. The van der Waals surface area contributed by atoms with Gasteiger partial charge in [-0.1, -0.05) is 12.8 Å². The number of hydrogen-bond acceptors (Lipinski definition) is 3. The molecular weight excluding hydrogens is 198 g/mol. The quantitative estimate of drug-likeness (QED) is 0.749. The first-order valence-corrected chi connectivity index (χ1v) is 7.31. The highest BCUT2D eigenvalue weighted by Gasteiger charge is 2.44. The van der Waals surface area contributed by atoms with Crippen molar-refractivity contribution in [2.75, 3.05) is 18.1 Å². The Morgan fingerprint density at radius 1 is 1.29 bits per heavy atom. The van der Waals surface area contributed by atoms with Crippen LogP contribution in [0.1, 0.15) is 32.1 Å². The van der Waals surface area contributed by atoms with E-state index in [0.29, 0.717) is 24.0 Å². The number of nitrogens with two attached hydrogens (primary N) is 1. The van der Waals surface area contributed by atoms with Crippen LogP contribution in [-0.4, -0.2) is 26.5 Å². The Kier molecular flexibility index (Phi) is 2.60. The molecule has 1 heterocycles. The molecular formula is C10H19NO2S. The lowest BCUT2D eigenvalue weighted by Crippen LogP contribution is -2.36. The minimum atomic E-state index is -2.74. The highest BCUT2D eigenvalue weighted by molar-refractivity contribution is 7.91. The van der Waals surface area contributed by atoms with Crippen molar-refractivity contribution in [1.29, 1.82) is 0 Å². The van der Waals surface area contributed by atoms with Crippen molar-refractivity contribution < 1.29 is 8.42 Å². The minimum Gasteiger partial charge on any atom is -0.330 e. The molecule has 14 heavy (non-hydrogen) atoms. The highest BCUT2D eigenvalue weighted by atomic mass is 32.2. The summed E-state index contributed by atoms with van der Waals surface area (Å²) >= 11 is 0. The third-order valence-electron chi connectivity index (χ3n) is 4.10. The summed E-state index contributed by atoms with van der Waals surface area (Å²) in [7, 11) is -2.74. The van der Waals surface area contributed by atoms with Gasteiger partial charge < -0.3 is 5.73 Å². The molecule has 2 aliphatic rings. The maximum Gasteiger partial charge on any atom is 0.150 e. The molecule has 1 atom stereocenters. The van der Waals surface area contributed by atoms with Gasteiger partial charge in [-0.3, -0.25) is 0 Å². The van der Waals surface area contributed by atoms with E-state index in [1.54, 1.807) is 0 Å². The molecule has 1 unspecified atom stereocenters. The molecule has 0 aromatic carbocycles. The third-order valence-corrected chi connectivity index (χ3v) is 5.87. The molecule has 1 saturated heterocycles. The van der Waals surface area contributed by atoms with Gasteiger partial charge in [-0.15, -0.1) is 0 Å². The number of hydrogen-bond donors (Lipinski definition) is 1. The van der Waals surface area contributed by atoms with Crippen LogP contribution < -0.4 is 5.73 Å². The van der Waals surface area contributed by atoms with Gasteiger partial charge in [0.15, 0.2) is 9.84 Å². The Balaban J connectivity index is 2.14. The van der Waals surface area contributed by atoms with Gasteiger partial charge in [0, 0.05) is 0 Å². The van der Waals surface area contributed by atoms with Crippen LogP contribution in [0.15, 0.2) is 0 Å². The molecule has 2 fully saturated rings. The lowest BCUT2D eigenvalue weighted by atomic mass is 9.73. The monoisotopic (exact) mass is 217 g/mol. The summed E-state index contributed by atoms with van der Waals surface area (Å²) in [6, 6.07) is 0. The van der Waals surface area contributed by atoms with Crippen molar-refractivity contribution in [3.8, 4) is 0 Å². The summed E-state index contributed by atoms with van der Waals surface area (Å²) in [5.41, 5.74) is 6.01. The van der Waals surface area contributed by atoms with Crippen LogP contribution in [0.3, 0.4) is 0 Å². The van der Waals surface area contributed by atoms with E-state index < -0.39 is 9.84 Å². The Hall–Kier alpha value is -0.0900. The smallest absolute Gasteiger partial charge is 0.150 e. The fourth-order valence-corrected chi connectivity index (χ4v) is 5.08. The zero-order valence-electron chi connectivity index (χ0n) is 8.54. The van der Waals surface area contributed by atoms with Gasteiger partial charge in [0.25, 0.3) is 0 Å². The average Bonchev–Trinajstić information content (AvgIpc) is 2.72. The van der Waals surface area contributed by atoms with Crippen LogP contribution in [0, 0.1) is 11.3 Å². The topological polar surface area (TPSA) is 60.2 Å². The Morgan fingerprint density at radius 3 is 2.36 bits per heavy atom. The maximum absolute atomic E-state index is 11.4. The molecule has 0 aromatic heterocycles. The molecule has 4 heteroatoms. The lowest BCUT2D eigenvalue weighted by molar-refractivity contribution is 0.196. The molecule has 1 aliphatic heterocycles. The van der Waals surface area contributed by atoms with Crippen LogP contribution in [0.4, 0.5) is 0 Å². The fraction of sp³-hybridized carbons (Fsp3) is 1.00. The van der Waals surface area contributed by atoms with Crippen molar-refractivity contribution in [3.05, 3.63) is 0 Å². The summed E-state index contributed by atoms with van der Waals surface area (Å²) in [6.07, 6.45) is 5.59. The standard InChI is InChI=1S/C10H19NO2S/c11-8-10(4-1-2-5-10)9-3-6-14(12,13)7-9/h9H,1-8,11H2. The third kappa shape index (κ3) is 1.70. The minimum absolute atomic E-state index is 0.170. The molecule has 1 saturated carbocycles. The molecule has 0 spiro atoms. The van der Waals surface area contributed by atoms with Crippen LogP contribution in [0.25, 0.3) is 0 Å². The van der Waals surface area contributed by atoms with E-state index in [0.717, 1.165) is 19.3 Å². The van der Waals surface area contributed by atoms with Gasteiger partial charge in [0.2, 0.25) is 0 Å². The molecule has 1 aliphatic carbocycles. The average molecular weight is 217 g/mol. The zero-order valence-corrected chi connectivity index (χ0v) is 9.35. The van der Waals surface area contributed by atoms with Crippen molar-refractivity contribution in [1.82, 2.24) is 0 Å². The molecule has 82 valence electrons. The van der Waals surface area contributed by atoms with E-state index in [9.17, 15) is 8.42 Å². The zero-order chi connectivity index (χ0) is 10.2. The second-order valence-corrected chi connectivity index (χ2v) is 7.10. The van der Waals surface area contributed by atoms with E-state index in [2.05, 4.69) is 0 Å². The number of rotatable bonds is 2. The van der Waals surface area contributed by atoms with Crippen molar-refractivity contribution >= 4 is 9.84 Å². The lowest BCUT2D eigenvalue weighted by Gasteiger charge is -2.33. The van der Waals surface area contributed by atoms with Crippen LogP contribution in [-0.2, 0) is 9.84 Å². The van der Waals surface area contributed by atoms with Gasteiger partial charge in [-0.05, 0) is 37.1 Å². The summed E-state index contributed by atoms with van der Waals surface area (Å²) in [6.45, 7) is 0.674. The van der Waals surface area contributed by atoms with Crippen molar-refractivity contribution in [3.63, 3.8) is 0 Å². The van der Waals surface area contributed by atoms with Crippen LogP contribution in [0.5, 0.6) is 0 Å². The van der Waals surface area contributed by atoms with E-state index in [1.807, 2.05) is 0 Å². The van der Waals surface area contributed by atoms with Gasteiger partial charge in [0.1, 0.15) is 0 Å². The SMILES string of the molecule is NCC1(C2CCS(=O)(=O)C2)CCCC1. The van der Waals surface area contributed by atoms with Gasteiger partial charge in [-0.2, -0.15) is 0 Å². The molecule has 0 bridgehead atoms. The largest absolute Gasteiger partial charge is 0.330 e. The van der Waals surface area contributed by atoms with Crippen LogP contribution in [0.2, 0.25) is 0 Å². The molecule has 2 N–H and O–H groups in total. The van der Waals surface area contributed by atoms with Crippen LogP contribution >= 0.6 is 0 Å². The first-order valence-electron chi connectivity index (χ1n) is 5.48. The fourth-order valence-electron chi connectivity index (χ4n) is 3.14. The van der Waals surface area contributed by atoms with E-state index in [1.165, 1.54) is 12.8 Å². The molecule has 0 aromatic rings. The second kappa shape index (κ2) is 3.49. The predicted octanol–water partition coefficient (Wildman–Crippen LogP) is 0.940. The second-order valence-electron chi connectivity index (χ2n) is 4.87. The Morgan fingerprint density at radius 2 is 1.93 bits per heavy atom. The van der Waals surface area contributed by atoms with Gasteiger partial charge in [-0.25, -0.2) is 8.42 Å². The first kappa shape index (κ1) is 10.4. The summed E-state index contributed by atoms with van der Waals surface area (Å²) < 4.78 is 22.8. The molecule has 0 amide bonds. The Labute approximate surface area is 86.0 Å². The first-order chi connectivity index (χ1) is 6.58. The van der Waals surface area contributed by atoms with E-state index in [-0.39, 0.29) is 5.41 Å². The van der Waals surface area contributed by atoms with Crippen molar-refractivity contribution in [2.24, 2.45) is 17.1 Å². The van der Waals surface area contributed by atoms with Gasteiger partial charge in [0.05, 0.1) is 11.5 Å².